The van der Waals surface area contributed by atoms with E-state index in [1.54, 1.807) is 13.8 Å². The van der Waals surface area contributed by atoms with Crippen molar-refractivity contribution in [3.63, 3.8) is 0 Å². The van der Waals surface area contributed by atoms with E-state index in [1.807, 2.05) is 0 Å². The second-order valence-electron chi connectivity index (χ2n) is 8.18. The molecule has 1 aliphatic carbocycles. The molecule has 1 fully saturated rings. The van der Waals surface area contributed by atoms with Gasteiger partial charge in [0.05, 0.1) is 11.0 Å². The fraction of sp³-hybridized carbons (Fsp3) is 0.727. The Hall–Kier alpha value is -1.03. The zero-order valence-corrected chi connectivity index (χ0v) is 17.7. The van der Waals surface area contributed by atoms with Gasteiger partial charge in [-0.1, -0.05) is 43.9 Å². The lowest BCUT2D eigenvalue weighted by molar-refractivity contribution is 0.273. The molecule has 1 saturated carbocycles. The summed E-state index contributed by atoms with van der Waals surface area (Å²) in [7, 11) is -2.88. The van der Waals surface area contributed by atoms with Gasteiger partial charge in [-0.2, -0.15) is 0 Å². The van der Waals surface area contributed by atoms with E-state index < -0.39 is 9.84 Å². The maximum Gasteiger partial charge on any atom is 0.152 e. The van der Waals surface area contributed by atoms with Gasteiger partial charge >= 0.3 is 0 Å². The van der Waals surface area contributed by atoms with Crippen molar-refractivity contribution < 1.29 is 8.42 Å². The predicted octanol–water partition coefficient (Wildman–Crippen LogP) is 5.31. The molecule has 0 N–H and O–H groups in total. The van der Waals surface area contributed by atoms with Crippen LogP contribution in [0.4, 0.5) is 5.69 Å². The van der Waals surface area contributed by atoms with Crippen molar-refractivity contribution in [1.29, 1.82) is 0 Å². The summed E-state index contributed by atoms with van der Waals surface area (Å²) in [6, 6.07) is 10.7. The largest absolute Gasteiger partial charge is 0.372 e. The molecule has 0 radical (unpaired) electrons. The fourth-order valence-electron chi connectivity index (χ4n) is 4.05. The predicted molar refractivity (Wildman–Crippen MR) is 113 cm³/mol. The lowest BCUT2D eigenvalue weighted by atomic mass is 9.80. The average molecular weight is 380 g/mol. The van der Waals surface area contributed by atoms with Crippen molar-refractivity contribution in [3.05, 3.63) is 30.3 Å². The summed E-state index contributed by atoms with van der Waals surface area (Å²) in [5, 5.41) is -0.230. The quantitative estimate of drug-likeness (QED) is 0.517. The lowest BCUT2D eigenvalue weighted by Crippen LogP contribution is -2.27. The van der Waals surface area contributed by atoms with Crippen LogP contribution in [0.1, 0.15) is 65.7 Å². The van der Waals surface area contributed by atoms with Crippen molar-refractivity contribution in [3.8, 4) is 0 Å². The second kappa shape index (κ2) is 10.3. The molecule has 0 saturated heterocycles. The fourth-order valence-corrected chi connectivity index (χ4v) is 5.43. The highest BCUT2D eigenvalue weighted by atomic mass is 32.2. The van der Waals surface area contributed by atoms with Crippen LogP contribution in [0.5, 0.6) is 0 Å². The standard InChI is InChI=1S/C22H37NO2S/c1-4-23(22-11-6-5-7-12-22)17-9-8-10-20-13-15-21(16-14-20)18-26(24,25)19(2)3/h5-7,11-12,19-21H,4,8-10,13-18H2,1-3H3. The molecule has 0 amide bonds. The highest BCUT2D eigenvalue weighted by molar-refractivity contribution is 7.91. The van der Waals surface area contributed by atoms with Crippen molar-refractivity contribution in [2.45, 2.75) is 71.0 Å². The minimum atomic E-state index is -2.88. The molecule has 0 spiro atoms. The van der Waals surface area contributed by atoms with Crippen LogP contribution in [-0.2, 0) is 9.84 Å². The first-order chi connectivity index (χ1) is 12.4. The minimum Gasteiger partial charge on any atom is -0.372 e. The van der Waals surface area contributed by atoms with E-state index in [0.29, 0.717) is 11.7 Å². The van der Waals surface area contributed by atoms with E-state index in [1.165, 1.54) is 37.8 Å². The van der Waals surface area contributed by atoms with Crippen LogP contribution >= 0.6 is 0 Å². The first-order valence-corrected chi connectivity index (χ1v) is 12.2. The molecule has 0 unspecified atom stereocenters. The van der Waals surface area contributed by atoms with Gasteiger partial charge < -0.3 is 4.90 Å². The lowest BCUT2D eigenvalue weighted by Gasteiger charge is -2.29. The van der Waals surface area contributed by atoms with E-state index in [0.717, 1.165) is 31.8 Å². The van der Waals surface area contributed by atoms with Crippen LogP contribution in [0.15, 0.2) is 30.3 Å². The number of hydrogen-bond donors (Lipinski definition) is 0. The minimum absolute atomic E-state index is 0.230. The molecule has 0 heterocycles. The first-order valence-electron chi connectivity index (χ1n) is 10.4. The Morgan fingerprint density at radius 1 is 1.00 bits per heavy atom. The van der Waals surface area contributed by atoms with Crippen LogP contribution < -0.4 is 4.90 Å². The molecule has 1 aromatic rings. The highest BCUT2D eigenvalue weighted by Crippen LogP contribution is 2.33. The Kier molecular flexibility index (Phi) is 8.46. The molecule has 1 aliphatic rings. The smallest absolute Gasteiger partial charge is 0.152 e. The molecule has 148 valence electrons. The summed E-state index contributed by atoms with van der Waals surface area (Å²) < 4.78 is 24.2. The van der Waals surface area contributed by atoms with Gasteiger partial charge in [0.1, 0.15) is 0 Å². The third kappa shape index (κ3) is 6.61. The van der Waals surface area contributed by atoms with Crippen LogP contribution in [0.3, 0.4) is 0 Å². The number of sulfone groups is 1. The van der Waals surface area contributed by atoms with E-state index in [-0.39, 0.29) is 5.25 Å². The first kappa shape index (κ1) is 21.3. The molecular weight excluding hydrogens is 342 g/mol. The van der Waals surface area contributed by atoms with Gasteiger partial charge in [0, 0.05) is 18.8 Å². The van der Waals surface area contributed by atoms with Gasteiger partial charge in [-0.3, -0.25) is 0 Å². The van der Waals surface area contributed by atoms with E-state index in [4.69, 9.17) is 0 Å². The number of unbranched alkanes of at least 4 members (excludes halogenated alkanes) is 1. The molecule has 1 aromatic carbocycles. The van der Waals surface area contributed by atoms with Gasteiger partial charge in [0.15, 0.2) is 9.84 Å². The summed E-state index contributed by atoms with van der Waals surface area (Å²) in [6.07, 6.45) is 8.45. The van der Waals surface area contributed by atoms with Gasteiger partial charge in [-0.25, -0.2) is 8.42 Å². The maximum atomic E-state index is 12.1. The monoisotopic (exact) mass is 379 g/mol. The Labute approximate surface area is 161 Å². The highest BCUT2D eigenvalue weighted by Gasteiger charge is 2.26. The third-order valence-corrected chi connectivity index (χ3v) is 8.32. The van der Waals surface area contributed by atoms with Crippen molar-refractivity contribution in [2.24, 2.45) is 11.8 Å². The molecule has 26 heavy (non-hydrogen) atoms. The van der Waals surface area contributed by atoms with Gasteiger partial charge in [0.25, 0.3) is 0 Å². The van der Waals surface area contributed by atoms with Crippen LogP contribution in [0.2, 0.25) is 0 Å². The molecule has 0 aromatic heterocycles. The average Bonchev–Trinajstić information content (AvgIpc) is 2.63. The zero-order valence-electron chi connectivity index (χ0n) is 16.9. The Balaban J connectivity index is 1.64. The second-order valence-corrected chi connectivity index (χ2v) is 10.8. The van der Waals surface area contributed by atoms with Crippen molar-refractivity contribution in [1.82, 2.24) is 0 Å². The van der Waals surface area contributed by atoms with Crippen LogP contribution in [0, 0.1) is 11.8 Å². The number of benzene rings is 1. The third-order valence-electron chi connectivity index (χ3n) is 5.95. The number of rotatable bonds is 10. The number of anilines is 1. The van der Waals surface area contributed by atoms with Crippen LogP contribution in [0.25, 0.3) is 0 Å². The van der Waals surface area contributed by atoms with E-state index >= 15 is 0 Å². The molecule has 4 heteroatoms. The molecule has 0 atom stereocenters. The summed E-state index contributed by atoms with van der Waals surface area (Å²) >= 11 is 0. The number of para-hydroxylation sites is 1. The zero-order chi connectivity index (χ0) is 19.0. The Bertz CT molecular complexity index is 604. The molecule has 0 bridgehead atoms. The molecule has 0 aliphatic heterocycles. The molecule has 3 nitrogen and oxygen atoms in total. The topological polar surface area (TPSA) is 37.4 Å². The summed E-state index contributed by atoms with van der Waals surface area (Å²) in [5.74, 6) is 1.60. The van der Waals surface area contributed by atoms with E-state index in [9.17, 15) is 8.42 Å². The molecule has 2 rings (SSSR count). The Morgan fingerprint density at radius 2 is 1.62 bits per heavy atom. The van der Waals surface area contributed by atoms with Gasteiger partial charge in [-0.15, -0.1) is 0 Å². The van der Waals surface area contributed by atoms with Crippen LogP contribution in [-0.4, -0.2) is 32.5 Å². The van der Waals surface area contributed by atoms with E-state index in [2.05, 4.69) is 42.2 Å². The Morgan fingerprint density at radius 3 is 2.19 bits per heavy atom. The van der Waals surface area contributed by atoms with Gasteiger partial charge in [0.2, 0.25) is 0 Å². The number of hydrogen-bond acceptors (Lipinski definition) is 3. The SMILES string of the molecule is CCN(CCCCC1CCC(CS(=O)(=O)C(C)C)CC1)c1ccccc1. The number of nitrogens with zero attached hydrogens (tertiary/aromatic N) is 1. The molecular formula is C22H37NO2S. The summed E-state index contributed by atoms with van der Waals surface area (Å²) in [5.41, 5.74) is 1.32. The summed E-state index contributed by atoms with van der Waals surface area (Å²) in [6.45, 7) is 8.01. The van der Waals surface area contributed by atoms with Gasteiger partial charge in [-0.05, 0) is 64.0 Å². The normalized spacial score (nSPS) is 21.1. The van der Waals surface area contributed by atoms with Crippen molar-refractivity contribution in [2.75, 3.05) is 23.7 Å². The summed E-state index contributed by atoms with van der Waals surface area (Å²) in [4.78, 5) is 2.45. The maximum absolute atomic E-state index is 12.1. The van der Waals surface area contributed by atoms with Crippen molar-refractivity contribution >= 4 is 15.5 Å².